The van der Waals surface area contributed by atoms with Gasteiger partial charge in [-0.2, -0.15) is 5.10 Å². The number of benzene rings is 2. The quantitative estimate of drug-likeness (QED) is 0.808. The largest absolute Gasteiger partial charge is 0.326 e. The highest BCUT2D eigenvalue weighted by atomic mass is 16.1. The number of aromatic nitrogens is 2. The molecular formula is C18H17N3O2. The number of anilines is 1. The molecule has 0 fully saturated rings. The van der Waals surface area contributed by atoms with Gasteiger partial charge < -0.3 is 5.32 Å². The molecule has 1 heterocycles. The van der Waals surface area contributed by atoms with Gasteiger partial charge in [-0.25, -0.2) is 4.68 Å². The lowest BCUT2D eigenvalue weighted by atomic mass is 10.1. The van der Waals surface area contributed by atoms with Crippen LogP contribution in [0.1, 0.15) is 11.3 Å². The van der Waals surface area contributed by atoms with Crippen molar-refractivity contribution in [2.75, 3.05) is 5.32 Å². The van der Waals surface area contributed by atoms with Crippen LogP contribution in [0.5, 0.6) is 0 Å². The minimum absolute atomic E-state index is 0.114. The third-order valence-electron chi connectivity index (χ3n) is 3.66. The van der Waals surface area contributed by atoms with Crippen LogP contribution in [-0.2, 0) is 18.3 Å². The summed E-state index contributed by atoms with van der Waals surface area (Å²) in [6, 6.07) is 14.8. The molecule has 0 atom stereocenters. The van der Waals surface area contributed by atoms with E-state index in [2.05, 4.69) is 10.4 Å². The highest BCUT2D eigenvalue weighted by molar-refractivity contribution is 5.95. The van der Waals surface area contributed by atoms with Crippen LogP contribution in [0.3, 0.4) is 0 Å². The van der Waals surface area contributed by atoms with Gasteiger partial charge in [0, 0.05) is 18.1 Å². The Labute approximate surface area is 133 Å². The van der Waals surface area contributed by atoms with Gasteiger partial charge in [-0.3, -0.25) is 9.59 Å². The molecule has 3 rings (SSSR count). The normalized spacial score (nSPS) is 10.7. The number of nitrogens with one attached hydrogen (secondary N) is 1. The molecule has 1 aromatic heterocycles. The topological polar surface area (TPSA) is 64.0 Å². The van der Waals surface area contributed by atoms with E-state index in [0.717, 1.165) is 16.6 Å². The van der Waals surface area contributed by atoms with Crippen molar-refractivity contribution in [1.82, 2.24) is 9.78 Å². The van der Waals surface area contributed by atoms with Crippen LogP contribution < -0.4 is 10.9 Å². The molecule has 0 unspecified atom stereocenters. The van der Waals surface area contributed by atoms with Crippen molar-refractivity contribution >= 4 is 22.4 Å². The summed E-state index contributed by atoms with van der Waals surface area (Å²) < 4.78 is 1.28. The molecule has 2 aromatic carbocycles. The maximum atomic E-state index is 12.3. The van der Waals surface area contributed by atoms with E-state index in [9.17, 15) is 9.59 Å². The number of nitrogens with zero attached hydrogens (tertiary/aromatic N) is 2. The van der Waals surface area contributed by atoms with E-state index in [4.69, 9.17) is 0 Å². The monoisotopic (exact) mass is 307 g/mol. The minimum Gasteiger partial charge on any atom is -0.326 e. The predicted octanol–water partition coefficient (Wildman–Crippen LogP) is 2.42. The molecule has 0 spiro atoms. The van der Waals surface area contributed by atoms with E-state index in [-0.39, 0.29) is 17.9 Å². The van der Waals surface area contributed by atoms with Crippen LogP contribution in [0.15, 0.2) is 53.3 Å². The van der Waals surface area contributed by atoms with Gasteiger partial charge in [0.2, 0.25) is 5.91 Å². The van der Waals surface area contributed by atoms with Crippen molar-refractivity contribution < 1.29 is 4.79 Å². The smallest absolute Gasteiger partial charge is 0.274 e. The molecule has 23 heavy (non-hydrogen) atoms. The fourth-order valence-electron chi connectivity index (χ4n) is 2.59. The minimum atomic E-state index is -0.163. The third kappa shape index (κ3) is 3.13. The zero-order valence-electron chi connectivity index (χ0n) is 13.0. The Morgan fingerprint density at radius 2 is 1.87 bits per heavy atom. The van der Waals surface area contributed by atoms with E-state index in [1.807, 2.05) is 43.3 Å². The van der Waals surface area contributed by atoms with Crippen LogP contribution in [0, 0.1) is 6.92 Å². The van der Waals surface area contributed by atoms with Crippen molar-refractivity contribution in [3.63, 3.8) is 0 Å². The summed E-state index contributed by atoms with van der Waals surface area (Å²) in [6.45, 7) is 1.97. The lowest BCUT2D eigenvalue weighted by molar-refractivity contribution is -0.115. The highest BCUT2D eigenvalue weighted by Gasteiger charge is 2.12. The fraction of sp³-hybridized carbons (Fsp3) is 0.167. The number of fused-ring (bicyclic) bond motifs is 1. The number of carbonyl (C=O) groups is 1. The number of carbonyl (C=O) groups excluding carboxylic acids is 1. The molecule has 0 aliphatic rings. The van der Waals surface area contributed by atoms with Crippen LogP contribution >= 0.6 is 0 Å². The van der Waals surface area contributed by atoms with Gasteiger partial charge >= 0.3 is 0 Å². The Hall–Kier alpha value is -2.95. The molecule has 116 valence electrons. The van der Waals surface area contributed by atoms with Gasteiger partial charge in [-0.1, -0.05) is 30.3 Å². The van der Waals surface area contributed by atoms with Crippen molar-refractivity contribution in [2.45, 2.75) is 13.3 Å². The Bertz CT molecular complexity index is 944. The van der Waals surface area contributed by atoms with Crippen LogP contribution in [0.25, 0.3) is 10.8 Å². The maximum Gasteiger partial charge on any atom is 0.274 e. The Kier molecular flexibility index (Phi) is 3.93. The Morgan fingerprint density at radius 1 is 1.13 bits per heavy atom. The van der Waals surface area contributed by atoms with Crippen molar-refractivity contribution in [2.24, 2.45) is 7.05 Å². The van der Waals surface area contributed by atoms with Gasteiger partial charge in [-0.05, 0) is 30.7 Å². The van der Waals surface area contributed by atoms with Crippen LogP contribution in [0.2, 0.25) is 0 Å². The second kappa shape index (κ2) is 6.04. The van der Waals surface area contributed by atoms with E-state index in [1.54, 1.807) is 19.2 Å². The number of hydrogen-bond donors (Lipinski definition) is 1. The number of hydrogen-bond acceptors (Lipinski definition) is 3. The highest BCUT2D eigenvalue weighted by Crippen LogP contribution is 2.15. The lowest BCUT2D eigenvalue weighted by Gasteiger charge is -2.09. The molecular weight excluding hydrogens is 290 g/mol. The van der Waals surface area contributed by atoms with E-state index in [1.165, 1.54) is 4.68 Å². The molecule has 0 saturated heterocycles. The standard InChI is InChI=1S/C18H17N3O2/c1-12-6-5-7-13(10-12)19-17(22)11-16-14-8-3-4-9-15(14)18(23)21(2)20-16/h3-10H,11H2,1-2H3,(H,19,22). The summed E-state index contributed by atoms with van der Waals surface area (Å²) in [4.78, 5) is 24.4. The first-order chi connectivity index (χ1) is 11.0. The van der Waals surface area contributed by atoms with Crippen LogP contribution in [0.4, 0.5) is 5.69 Å². The summed E-state index contributed by atoms with van der Waals surface area (Å²) in [6.07, 6.45) is 0.114. The second-order valence-corrected chi connectivity index (χ2v) is 5.52. The van der Waals surface area contributed by atoms with Gasteiger partial charge in [0.25, 0.3) is 5.56 Å². The molecule has 0 bridgehead atoms. The first-order valence-corrected chi connectivity index (χ1v) is 7.36. The predicted molar refractivity (Wildman–Crippen MR) is 90.5 cm³/mol. The third-order valence-corrected chi connectivity index (χ3v) is 3.66. The molecule has 5 nitrogen and oxygen atoms in total. The van der Waals surface area contributed by atoms with E-state index >= 15 is 0 Å². The lowest BCUT2D eigenvalue weighted by Crippen LogP contribution is -2.24. The number of amides is 1. The summed E-state index contributed by atoms with van der Waals surface area (Å²) in [5.41, 5.74) is 2.26. The molecule has 1 amide bonds. The SMILES string of the molecule is Cc1cccc(NC(=O)Cc2nn(C)c(=O)c3ccccc23)c1. The zero-order chi connectivity index (χ0) is 16.4. The maximum absolute atomic E-state index is 12.3. The molecule has 0 aliphatic heterocycles. The van der Waals surface area contributed by atoms with Crippen molar-refractivity contribution in [3.05, 3.63) is 70.1 Å². The molecule has 1 N–H and O–H groups in total. The Balaban J connectivity index is 1.91. The van der Waals surface area contributed by atoms with Crippen LogP contribution in [-0.4, -0.2) is 15.7 Å². The summed E-state index contributed by atoms with van der Waals surface area (Å²) in [5.74, 6) is -0.160. The van der Waals surface area contributed by atoms with E-state index in [0.29, 0.717) is 11.1 Å². The molecule has 3 aromatic rings. The zero-order valence-corrected chi connectivity index (χ0v) is 13.0. The number of rotatable bonds is 3. The second-order valence-electron chi connectivity index (χ2n) is 5.52. The summed E-state index contributed by atoms with van der Waals surface area (Å²) in [5, 5.41) is 8.40. The Morgan fingerprint density at radius 3 is 2.61 bits per heavy atom. The number of aryl methyl sites for hydroxylation is 2. The average Bonchev–Trinajstić information content (AvgIpc) is 2.52. The average molecular weight is 307 g/mol. The molecule has 0 aliphatic carbocycles. The first kappa shape index (κ1) is 15.0. The molecule has 0 saturated carbocycles. The van der Waals surface area contributed by atoms with Gasteiger partial charge in [0.1, 0.15) is 0 Å². The van der Waals surface area contributed by atoms with Gasteiger partial charge in [0.15, 0.2) is 0 Å². The van der Waals surface area contributed by atoms with E-state index < -0.39 is 0 Å². The first-order valence-electron chi connectivity index (χ1n) is 7.36. The summed E-state index contributed by atoms with van der Waals surface area (Å²) in [7, 11) is 1.59. The summed E-state index contributed by atoms with van der Waals surface area (Å²) >= 11 is 0. The van der Waals surface area contributed by atoms with Crippen molar-refractivity contribution in [1.29, 1.82) is 0 Å². The fourth-order valence-corrected chi connectivity index (χ4v) is 2.59. The van der Waals surface area contributed by atoms with Gasteiger partial charge in [-0.15, -0.1) is 0 Å². The molecule has 5 heteroatoms. The van der Waals surface area contributed by atoms with Gasteiger partial charge in [0.05, 0.1) is 17.5 Å². The molecule has 0 radical (unpaired) electrons. The van der Waals surface area contributed by atoms with Crippen molar-refractivity contribution in [3.8, 4) is 0 Å².